The van der Waals surface area contributed by atoms with Gasteiger partial charge in [-0.1, -0.05) is 12.1 Å². The fraction of sp³-hybridized carbons (Fsp3) is 0.125. The minimum atomic E-state index is -3.85. The average Bonchev–Trinajstić information content (AvgIpc) is 2.61. The molecule has 0 unspecified atom stereocenters. The minimum Gasteiger partial charge on any atom is -0.347 e. The summed E-state index contributed by atoms with van der Waals surface area (Å²) in [5, 5.41) is 14.7. The maximum Gasteiger partial charge on any atom is 0.313 e. The van der Waals surface area contributed by atoms with Gasteiger partial charge in [0.05, 0.1) is 9.79 Å². The first-order valence-corrected chi connectivity index (χ1v) is 10.9. The van der Waals surface area contributed by atoms with Crippen LogP contribution in [0.3, 0.4) is 0 Å². The van der Waals surface area contributed by atoms with Crippen LogP contribution in [0.1, 0.15) is 5.56 Å². The van der Waals surface area contributed by atoms with E-state index in [2.05, 4.69) is 10.6 Å². The van der Waals surface area contributed by atoms with E-state index in [1.54, 1.807) is 12.1 Å². The first-order valence-electron chi connectivity index (χ1n) is 7.80. The predicted octanol–water partition coefficient (Wildman–Crippen LogP) is -0.721. The minimum absolute atomic E-state index is 0.0203. The third-order valence-corrected chi connectivity index (χ3v) is 5.46. The Bertz CT molecular complexity index is 1080. The van der Waals surface area contributed by atoms with Crippen LogP contribution in [-0.2, 0) is 36.1 Å². The quantitative estimate of drug-likeness (QED) is 0.443. The molecule has 0 radical (unpaired) electrons. The highest BCUT2D eigenvalue weighted by molar-refractivity contribution is 7.89. The molecule has 0 aromatic heterocycles. The molecule has 0 spiro atoms. The summed E-state index contributed by atoms with van der Waals surface area (Å²) in [6.07, 6.45) is 0.368. The van der Waals surface area contributed by atoms with Crippen molar-refractivity contribution in [2.75, 3.05) is 11.9 Å². The summed E-state index contributed by atoms with van der Waals surface area (Å²) in [6.45, 7) is 0.144. The lowest BCUT2D eigenvalue weighted by molar-refractivity contribution is -0.136. The molecular formula is C16H18N4O6S2. The summed E-state index contributed by atoms with van der Waals surface area (Å²) in [6, 6.07) is 10.8. The Balaban J connectivity index is 1.85. The van der Waals surface area contributed by atoms with Crippen LogP contribution < -0.4 is 20.9 Å². The fourth-order valence-corrected chi connectivity index (χ4v) is 3.19. The zero-order chi connectivity index (χ0) is 20.9. The highest BCUT2D eigenvalue weighted by Gasteiger charge is 2.14. The Kier molecular flexibility index (Phi) is 6.51. The van der Waals surface area contributed by atoms with Gasteiger partial charge in [0.1, 0.15) is 0 Å². The molecule has 0 saturated heterocycles. The van der Waals surface area contributed by atoms with Crippen LogP contribution in [0, 0.1) is 0 Å². The molecule has 0 bridgehead atoms. The molecule has 0 atom stereocenters. The second-order valence-electron chi connectivity index (χ2n) is 5.72. The molecule has 0 heterocycles. The normalized spacial score (nSPS) is 11.6. The van der Waals surface area contributed by atoms with Crippen LogP contribution in [-0.4, -0.2) is 35.2 Å². The molecule has 150 valence electrons. The molecule has 2 aromatic rings. The number of primary sulfonamides is 2. The van der Waals surface area contributed by atoms with Gasteiger partial charge < -0.3 is 10.6 Å². The number of amides is 2. The van der Waals surface area contributed by atoms with Gasteiger partial charge in [0.25, 0.3) is 0 Å². The number of sulfonamides is 2. The number of benzene rings is 2. The molecule has 0 fully saturated rings. The number of carbonyl (C=O) groups excluding carboxylic acids is 2. The van der Waals surface area contributed by atoms with Crippen molar-refractivity contribution >= 4 is 37.5 Å². The van der Waals surface area contributed by atoms with Gasteiger partial charge in [-0.2, -0.15) is 0 Å². The first-order chi connectivity index (χ1) is 13.0. The number of carbonyl (C=O) groups is 2. The molecule has 0 aliphatic heterocycles. The van der Waals surface area contributed by atoms with Crippen molar-refractivity contribution in [2.45, 2.75) is 16.2 Å². The number of hydrogen-bond acceptors (Lipinski definition) is 6. The second-order valence-corrected chi connectivity index (χ2v) is 8.84. The summed E-state index contributed by atoms with van der Waals surface area (Å²) < 4.78 is 44.7. The van der Waals surface area contributed by atoms with Crippen molar-refractivity contribution in [1.82, 2.24) is 5.32 Å². The lowest BCUT2D eigenvalue weighted by Crippen LogP contribution is -2.36. The van der Waals surface area contributed by atoms with E-state index in [9.17, 15) is 26.4 Å². The van der Waals surface area contributed by atoms with Gasteiger partial charge >= 0.3 is 11.8 Å². The molecule has 6 N–H and O–H groups in total. The molecule has 12 heteroatoms. The SMILES string of the molecule is NS(=O)(=O)c1ccc(CCNC(=O)C(=O)Nc2ccc(S(N)(=O)=O)cc2)cc1. The van der Waals surface area contributed by atoms with Crippen LogP contribution in [0.5, 0.6) is 0 Å². The van der Waals surface area contributed by atoms with E-state index in [1.807, 2.05) is 0 Å². The zero-order valence-electron chi connectivity index (χ0n) is 14.5. The molecule has 2 rings (SSSR count). The number of rotatable bonds is 6. The van der Waals surface area contributed by atoms with Gasteiger partial charge in [-0.25, -0.2) is 27.1 Å². The Morgan fingerprint density at radius 1 is 0.750 bits per heavy atom. The van der Waals surface area contributed by atoms with Crippen LogP contribution in [0.4, 0.5) is 5.69 Å². The van der Waals surface area contributed by atoms with E-state index in [-0.39, 0.29) is 22.0 Å². The van der Waals surface area contributed by atoms with Gasteiger partial charge in [0.2, 0.25) is 20.0 Å². The van der Waals surface area contributed by atoms with Crippen LogP contribution >= 0.6 is 0 Å². The van der Waals surface area contributed by atoms with E-state index < -0.39 is 31.9 Å². The third-order valence-electron chi connectivity index (χ3n) is 3.60. The van der Waals surface area contributed by atoms with Gasteiger partial charge in [-0.05, 0) is 48.4 Å². The molecule has 0 aliphatic rings. The van der Waals surface area contributed by atoms with Crippen molar-refractivity contribution in [3.63, 3.8) is 0 Å². The van der Waals surface area contributed by atoms with E-state index >= 15 is 0 Å². The lowest BCUT2D eigenvalue weighted by atomic mass is 10.1. The number of hydrogen-bond donors (Lipinski definition) is 4. The molecule has 2 aromatic carbocycles. The lowest BCUT2D eigenvalue weighted by Gasteiger charge is -2.07. The Hall–Kier alpha value is -2.80. The van der Waals surface area contributed by atoms with Crippen molar-refractivity contribution in [1.29, 1.82) is 0 Å². The summed E-state index contributed by atoms with van der Waals surface area (Å²) in [5.74, 6) is -1.80. The molecule has 28 heavy (non-hydrogen) atoms. The number of nitrogens with two attached hydrogens (primary N) is 2. The Morgan fingerprint density at radius 3 is 1.68 bits per heavy atom. The van der Waals surface area contributed by atoms with Crippen LogP contribution in [0.2, 0.25) is 0 Å². The Morgan fingerprint density at radius 2 is 1.21 bits per heavy atom. The van der Waals surface area contributed by atoms with E-state index in [1.165, 1.54) is 36.4 Å². The topological polar surface area (TPSA) is 179 Å². The zero-order valence-corrected chi connectivity index (χ0v) is 16.1. The summed E-state index contributed by atoms with van der Waals surface area (Å²) in [4.78, 5) is 23.5. The van der Waals surface area contributed by atoms with Crippen LogP contribution in [0.25, 0.3) is 0 Å². The van der Waals surface area contributed by atoms with Crippen molar-refractivity contribution in [3.05, 3.63) is 54.1 Å². The predicted molar refractivity (Wildman–Crippen MR) is 101 cm³/mol. The summed E-state index contributed by atoms with van der Waals surface area (Å²) in [7, 11) is -7.61. The van der Waals surface area contributed by atoms with Crippen molar-refractivity contribution < 1.29 is 26.4 Å². The van der Waals surface area contributed by atoms with E-state index in [0.29, 0.717) is 6.42 Å². The van der Waals surface area contributed by atoms with Crippen molar-refractivity contribution in [3.8, 4) is 0 Å². The number of nitrogens with one attached hydrogen (secondary N) is 2. The second kappa shape index (κ2) is 8.48. The van der Waals surface area contributed by atoms with Gasteiger partial charge in [0.15, 0.2) is 0 Å². The molecular weight excluding hydrogens is 408 g/mol. The third kappa shape index (κ3) is 6.13. The highest BCUT2D eigenvalue weighted by atomic mass is 32.2. The molecule has 0 saturated carbocycles. The monoisotopic (exact) mass is 426 g/mol. The Labute approximate surface area is 162 Å². The molecule has 2 amide bonds. The largest absolute Gasteiger partial charge is 0.347 e. The standard InChI is InChI=1S/C16H18N4O6S2/c17-27(23,24)13-5-1-11(2-6-13)9-10-19-15(21)16(22)20-12-3-7-14(8-4-12)28(18,25)26/h1-8H,9-10H2,(H,19,21)(H,20,22)(H2,17,23,24)(H2,18,25,26). The highest BCUT2D eigenvalue weighted by Crippen LogP contribution is 2.12. The maximum atomic E-state index is 11.8. The van der Waals surface area contributed by atoms with E-state index in [0.717, 1.165) is 5.56 Å². The molecule has 10 nitrogen and oxygen atoms in total. The first kappa shape index (κ1) is 21.5. The van der Waals surface area contributed by atoms with Gasteiger partial charge in [-0.15, -0.1) is 0 Å². The van der Waals surface area contributed by atoms with Gasteiger partial charge in [-0.3, -0.25) is 9.59 Å². The smallest absolute Gasteiger partial charge is 0.313 e. The van der Waals surface area contributed by atoms with Crippen molar-refractivity contribution in [2.24, 2.45) is 10.3 Å². The maximum absolute atomic E-state index is 11.8. The van der Waals surface area contributed by atoms with Crippen LogP contribution in [0.15, 0.2) is 58.3 Å². The molecule has 0 aliphatic carbocycles. The van der Waals surface area contributed by atoms with E-state index in [4.69, 9.17) is 10.3 Å². The average molecular weight is 426 g/mol. The fourth-order valence-electron chi connectivity index (χ4n) is 2.16. The number of anilines is 1. The van der Waals surface area contributed by atoms with Gasteiger partial charge in [0, 0.05) is 12.2 Å². The summed E-state index contributed by atoms with van der Waals surface area (Å²) >= 11 is 0. The summed E-state index contributed by atoms with van der Waals surface area (Å²) in [5.41, 5.74) is 0.970.